The molecule has 0 saturated carbocycles. The lowest BCUT2D eigenvalue weighted by atomic mass is 10.3. The van der Waals surface area contributed by atoms with Crippen molar-refractivity contribution in [2.45, 2.75) is 6.61 Å². The second kappa shape index (κ2) is 6.66. The summed E-state index contributed by atoms with van der Waals surface area (Å²) in [6.07, 6.45) is 1.57. The molecule has 0 aliphatic rings. The van der Waals surface area contributed by atoms with Crippen molar-refractivity contribution in [2.24, 2.45) is 7.05 Å². The topological polar surface area (TPSA) is 65.7 Å². The van der Waals surface area contributed by atoms with Gasteiger partial charge in [0.15, 0.2) is 11.6 Å². The standard InChI is InChI=1S/C14H9Cl2F2N5O/c1-23-12(10-7(15)3-2-6-19-10)21-22-13(23)11-8(16)4-5-9(20-11)24-14(17)18/h2-6,14H,1H3. The van der Waals surface area contributed by atoms with Crippen molar-refractivity contribution < 1.29 is 13.5 Å². The van der Waals surface area contributed by atoms with E-state index in [9.17, 15) is 8.78 Å². The molecule has 0 N–H and O–H groups in total. The first-order valence-corrected chi connectivity index (χ1v) is 7.35. The second-order valence-corrected chi connectivity index (χ2v) is 5.41. The highest BCUT2D eigenvalue weighted by atomic mass is 35.5. The Morgan fingerprint density at radius 3 is 2.38 bits per heavy atom. The smallest absolute Gasteiger partial charge is 0.388 e. The van der Waals surface area contributed by atoms with Crippen LogP contribution in [-0.4, -0.2) is 31.3 Å². The maximum atomic E-state index is 12.4. The van der Waals surface area contributed by atoms with Crippen LogP contribution in [0.4, 0.5) is 8.78 Å². The fourth-order valence-electron chi connectivity index (χ4n) is 2.03. The van der Waals surface area contributed by atoms with Crippen molar-refractivity contribution in [3.63, 3.8) is 0 Å². The molecule has 0 saturated heterocycles. The molecule has 0 amide bonds. The molecular weight excluding hydrogens is 363 g/mol. The van der Waals surface area contributed by atoms with Gasteiger partial charge in [0.1, 0.15) is 11.4 Å². The second-order valence-electron chi connectivity index (χ2n) is 4.60. The van der Waals surface area contributed by atoms with Crippen molar-refractivity contribution in [3.8, 4) is 28.9 Å². The lowest BCUT2D eigenvalue weighted by Crippen LogP contribution is -2.05. The summed E-state index contributed by atoms with van der Waals surface area (Å²) < 4.78 is 30.6. The highest BCUT2D eigenvalue weighted by molar-refractivity contribution is 6.33. The molecule has 0 atom stereocenters. The van der Waals surface area contributed by atoms with Crippen molar-refractivity contribution in [3.05, 3.63) is 40.5 Å². The lowest BCUT2D eigenvalue weighted by molar-refractivity contribution is -0.0527. The molecule has 0 bridgehead atoms. The van der Waals surface area contributed by atoms with Crippen molar-refractivity contribution in [1.82, 2.24) is 24.7 Å². The maximum Gasteiger partial charge on any atom is 0.388 e. The summed E-state index contributed by atoms with van der Waals surface area (Å²) in [6.45, 7) is -2.99. The van der Waals surface area contributed by atoms with Crippen LogP contribution in [0.25, 0.3) is 23.0 Å². The number of halogens is 4. The summed E-state index contributed by atoms with van der Waals surface area (Å²) in [7, 11) is 1.66. The minimum Gasteiger partial charge on any atom is -0.417 e. The largest absolute Gasteiger partial charge is 0.417 e. The van der Waals surface area contributed by atoms with E-state index in [0.29, 0.717) is 16.5 Å². The molecular formula is C14H9Cl2F2N5O. The third-order valence-electron chi connectivity index (χ3n) is 3.09. The molecule has 0 unspecified atom stereocenters. The van der Waals surface area contributed by atoms with E-state index in [0.717, 1.165) is 0 Å². The Morgan fingerprint density at radius 1 is 1.04 bits per heavy atom. The van der Waals surface area contributed by atoms with Crippen LogP contribution in [-0.2, 0) is 7.05 Å². The molecule has 0 aromatic carbocycles. The Hall–Kier alpha value is -2.32. The Kier molecular flexibility index (Phi) is 4.59. The molecule has 3 aromatic rings. The third kappa shape index (κ3) is 3.15. The summed E-state index contributed by atoms with van der Waals surface area (Å²) in [5.74, 6) is 0.370. The molecule has 3 aromatic heterocycles. The van der Waals surface area contributed by atoms with Gasteiger partial charge in [0.2, 0.25) is 5.88 Å². The Balaban J connectivity index is 2.07. The van der Waals surface area contributed by atoms with E-state index in [1.54, 1.807) is 29.9 Å². The van der Waals surface area contributed by atoms with Gasteiger partial charge in [-0.3, -0.25) is 4.98 Å². The van der Waals surface area contributed by atoms with Gasteiger partial charge in [0.25, 0.3) is 0 Å². The van der Waals surface area contributed by atoms with E-state index in [4.69, 9.17) is 23.2 Å². The van der Waals surface area contributed by atoms with Gasteiger partial charge in [-0.2, -0.15) is 8.78 Å². The molecule has 0 aliphatic heterocycles. The Morgan fingerprint density at radius 2 is 1.71 bits per heavy atom. The highest BCUT2D eigenvalue weighted by Gasteiger charge is 2.19. The fraction of sp³-hybridized carbons (Fsp3) is 0.143. The van der Waals surface area contributed by atoms with Gasteiger partial charge in [-0.15, -0.1) is 10.2 Å². The number of hydrogen-bond donors (Lipinski definition) is 0. The van der Waals surface area contributed by atoms with E-state index >= 15 is 0 Å². The van der Waals surface area contributed by atoms with Gasteiger partial charge in [-0.05, 0) is 18.2 Å². The number of rotatable bonds is 4. The maximum absolute atomic E-state index is 12.4. The third-order valence-corrected chi connectivity index (χ3v) is 3.70. The minimum atomic E-state index is -2.99. The number of hydrogen-bond acceptors (Lipinski definition) is 5. The van der Waals surface area contributed by atoms with Crippen LogP contribution in [0.1, 0.15) is 0 Å². The Bertz CT molecular complexity index is 887. The normalized spacial score (nSPS) is 11.1. The monoisotopic (exact) mass is 371 g/mol. The predicted molar refractivity (Wildman–Crippen MR) is 84.1 cm³/mol. The lowest BCUT2D eigenvalue weighted by Gasteiger charge is -2.08. The van der Waals surface area contributed by atoms with Crippen LogP contribution in [0.3, 0.4) is 0 Å². The molecule has 0 spiro atoms. The van der Waals surface area contributed by atoms with Crippen molar-refractivity contribution >= 4 is 23.2 Å². The summed E-state index contributed by atoms with van der Waals surface area (Å²) in [5, 5.41) is 8.65. The average Bonchev–Trinajstić information content (AvgIpc) is 2.91. The molecule has 3 heterocycles. The van der Waals surface area contributed by atoms with Crippen LogP contribution in [0, 0.1) is 0 Å². The molecule has 0 fully saturated rings. The van der Waals surface area contributed by atoms with Crippen LogP contribution in [0.2, 0.25) is 10.0 Å². The van der Waals surface area contributed by atoms with E-state index in [-0.39, 0.29) is 22.4 Å². The van der Waals surface area contributed by atoms with Crippen molar-refractivity contribution in [2.75, 3.05) is 0 Å². The first kappa shape index (κ1) is 16.5. The zero-order valence-electron chi connectivity index (χ0n) is 12.1. The number of alkyl halides is 2. The summed E-state index contributed by atoms with van der Waals surface area (Å²) >= 11 is 12.2. The minimum absolute atomic E-state index is 0.156. The molecule has 3 rings (SSSR count). The van der Waals surface area contributed by atoms with Gasteiger partial charge in [0, 0.05) is 19.3 Å². The van der Waals surface area contributed by atoms with E-state index < -0.39 is 6.61 Å². The zero-order valence-corrected chi connectivity index (χ0v) is 13.6. The summed E-state index contributed by atoms with van der Waals surface area (Å²) in [6, 6.07) is 5.99. The first-order valence-electron chi connectivity index (χ1n) is 6.59. The van der Waals surface area contributed by atoms with Crippen LogP contribution in [0.15, 0.2) is 30.5 Å². The SMILES string of the molecule is Cn1c(-c2ncccc2Cl)nnc1-c1nc(OC(F)F)ccc1Cl. The van der Waals surface area contributed by atoms with Gasteiger partial charge in [-0.25, -0.2) is 4.98 Å². The molecule has 24 heavy (non-hydrogen) atoms. The Labute approximate surface area is 145 Å². The average molecular weight is 372 g/mol. The highest BCUT2D eigenvalue weighted by Crippen LogP contribution is 2.30. The number of nitrogens with zero attached hydrogens (tertiary/aromatic N) is 5. The van der Waals surface area contributed by atoms with Crippen LogP contribution < -0.4 is 4.74 Å². The molecule has 10 heteroatoms. The van der Waals surface area contributed by atoms with Gasteiger partial charge in [-0.1, -0.05) is 23.2 Å². The van der Waals surface area contributed by atoms with Crippen molar-refractivity contribution in [1.29, 1.82) is 0 Å². The zero-order chi connectivity index (χ0) is 17.3. The number of ether oxygens (including phenoxy) is 1. The predicted octanol–water partition coefficient (Wildman–Crippen LogP) is 3.85. The van der Waals surface area contributed by atoms with Crippen LogP contribution in [0.5, 0.6) is 5.88 Å². The first-order chi connectivity index (χ1) is 11.5. The summed E-state index contributed by atoms with van der Waals surface area (Å²) in [4.78, 5) is 8.13. The van der Waals surface area contributed by atoms with Crippen LogP contribution >= 0.6 is 23.2 Å². The number of aromatic nitrogens is 5. The molecule has 124 valence electrons. The fourth-order valence-corrected chi connectivity index (χ4v) is 2.43. The van der Waals surface area contributed by atoms with Gasteiger partial charge >= 0.3 is 6.61 Å². The van der Waals surface area contributed by atoms with E-state index in [1.807, 2.05) is 0 Å². The van der Waals surface area contributed by atoms with Gasteiger partial charge in [0.05, 0.1) is 10.0 Å². The number of pyridine rings is 2. The van der Waals surface area contributed by atoms with E-state index in [2.05, 4.69) is 24.9 Å². The molecule has 6 nitrogen and oxygen atoms in total. The summed E-state index contributed by atoms with van der Waals surface area (Å²) in [5.41, 5.74) is 0.583. The molecule has 0 radical (unpaired) electrons. The molecule has 0 aliphatic carbocycles. The quantitative estimate of drug-likeness (QED) is 0.696. The van der Waals surface area contributed by atoms with E-state index in [1.165, 1.54) is 12.1 Å². The van der Waals surface area contributed by atoms with Gasteiger partial charge < -0.3 is 9.30 Å².